The third-order valence-electron chi connectivity index (χ3n) is 4.21. The molecule has 0 spiro atoms. The van der Waals surface area contributed by atoms with Crippen LogP contribution < -0.4 is 9.47 Å². The first-order valence-corrected chi connectivity index (χ1v) is 8.31. The Balaban J connectivity index is 1.44. The molecule has 1 aromatic heterocycles. The fourth-order valence-electron chi connectivity index (χ4n) is 2.83. The monoisotopic (exact) mass is 337 g/mol. The van der Waals surface area contributed by atoms with Crippen molar-refractivity contribution < 1.29 is 23.7 Å². The van der Waals surface area contributed by atoms with Crippen molar-refractivity contribution in [2.24, 2.45) is 0 Å². The molecule has 0 radical (unpaired) electrons. The SMILES string of the molecule is COc1nccc(OC2CCN(C(=O)OC3CCOCC3)CC2)n1. The molecule has 3 rings (SSSR count). The molecule has 0 unspecified atom stereocenters. The van der Waals surface area contributed by atoms with Crippen molar-refractivity contribution in [2.45, 2.75) is 37.9 Å². The first-order valence-electron chi connectivity index (χ1n) is 8.31. The second-order valence-electron chi connectivity index (χ2n) is 5.88. The van der Waals surface area contributed by atoms with Crippen LogP contribution in [0.5, 0.6) is 11.9 Å². The van der Waals surface area contributed by atoms with E-state index in [0.29, 0.717) is 32.2 Å². The summed E-state index contributed by atoms with van der Waals surface area (Å²) >= 11 is 0. The minimum Gasteiger partial charge on any atom is -0.474 e. The van der Waals surface area contributed by atoms with Crippen LogP contribution in [-0.2, 0) is 9.47 Å². The number of methoxy groups -OCH3 is 1. The van der Waals surface area contributed by atoms with Crippen LogP contribution in [-0.4, -0.2) is 66.6 Å². The molecule has 24 heavy (non-hydrogen) atoms. The number of carbonyl (C=O) groups excluding carboxylic acids is 1. The lowest BCUT2D eigenvalue weighted by molar-refractivity contribution is -0.0151. The Morgan fingerprint density at radius 3 is 2.67 bits per heavy atom. The number of hydrogen-bond donors (Lipinski definition) is 0. The molecule has 2 aliphatic heterocycles. The van der Waals surface area contributed by atoms with Gasteiger partial charge >= 0.3 is 12.1 Å². The lowest BCUT2D eigenvalue weighted by atomic mass is 10.1. The van der Waals surface area contributed by atoms with Crippen molar-refractivity contribution in [3.05, 3.63) is 12.3 Å². The Hall–Kier alpha value is -2.09. The molecule has 8 nitrogen and oxygen atoms in total. The topological polar surface area (TPSA) is 83.0 Å². The smallest absolute Gasteiger partial charge is 0.410 e. The van der Waals surface area contributed by atoms with Crippen LogP contribution in [0.15, 0.2) is 12.3 Å². The fourth-order valence-corrected chi connectivity index (χ4v) is 2.83. The summed E-state index contributed by atoms with van der Waals surface area (Å²) in [7, 11) is 1.52. The maximum atomic E-state index is 12.2. The van der Waals surface area contributed by atoms with E-state index in [0.717, 1.165) is 25.7 Å². The average molecular weight is 337 g/mol. The van der Waals surface area contributed by atoms with Gasteiger partial charge in [0.15, 0.2) is 0 Å². The van der Waals surface area contributed by atoms with Crippen molar-refractivity contribution in [2.75, 3.05) is 33.4 Å². The molecule has 1 aromatic rings. The van der Waals surface area contributed by atoms with E-state index < -0.39 is 0 Å². The Labute approximate surface area is 141 Å². The number of piperidine rings is 1. The minimum absolute atomic E-state index is 0.0197. The molecule has 0 N–H and O–H groups in total. The Bertz CT molecular complexity index is 542. The van der Waals surface area contributed by atoms with Gasteiger partial charge in [-0.15, -0.1) is 0 Å². The first-order chi connectivity index (χ1) is 11.7. The van der Waals surface area contributed by atoms with Crippen LogP contribution in [0.25, 0.3) is 0 Å². The molecule has 0 aliphatic carbocycles. The van der Waals surface area contributed by atoms with E-state index in [9.17, 15) is 4.79 Å². The van der Waals surface area contributed by atoms with Gasteiger partial charge in [0, 0.05) is 51.0 Å². The summed E-state index contributed by atoms with van der Waals surface area (Å²) < 4.78 is 21.7. The highest BCUT2D eigenvalue weighted by Gasteiger charge is 2.27. The van der Waals surface area contributed by atoms with Gasteiger partial charge in [-0.2, -0.15) is 4.98 Å². The zero-order chi connectivity index (χ0) is 16.8. The molecule has 2 fully saturated rings. The predicted octanol–water partition coefficient (Wildman–Crippen LogP) is 1.64. The Kier molecular flexibility index (Phi) is 5.68. The minimum atomic E-state index is -0.232. The quantitative estimate of drug-likeness (QED) is 0.826. The van der Waals surface area contributed by atoms with Crippen LogP contribution in [0.3, 0.4) is 0 Å². The number of amides is 1. The molecule has 1 amide bonds. The maximum Gasteiger partial charge on any atom is 0.410 e. The summed E-state index contributed by atoms with van der Waals surface area (Å²) in [6.45, 7) is 2.57. The number of carbonyl (C=O) groups is 1. The molecular formula is C16H23N3O5. The summed E-state index contributed by atoms with van der Waals surface area (Å²) in [5, 5.41) is 0. The molecule has 0 bridgehead atoms. The predicted molar refractivity (Wildman–Crippen MR) is 84.1 cm³/mol. The van der Waals surface area contributed by atoms with Crippen molar-refractivity contribution in [1.82, 2.24) is 14.9 Å². The summed E-state index contributed by atoms with van der Waals surface area (Å²) in [4.78, 5) is 22.0. The van der Waals surface area contributed by atoms with Gasteiger partial charge in [0.25, 0.3) is 0 Å². The first kappa shape index (κ1) is 16.8. The van der Waals surface area contributed by atoms with Crippen molar-refractivity contribution in [3.8, 4) is 11.9 Å². The normalized spacial score (nSPS) is 19.8. The van der Waals surface area contributed by atoms with Gasteiger partial charge in [0.1, 0.15) is 12.2 Å². The van der Waals surface area contributed by atoms with Gasteiger partial charge in [0.2, 0.25) is 5.88 Å². The number of rotatable bonds is 4. The van der Waals surface area contributed by atoms with Crippen LogP contribution >= 0.6 is 0 Å². The van der Waals surface area contributed by atoms with E-state index in [1.165, 1.54) is 7.11 Å². The van der Waals surface area contributed by atoms with E-state index in [2.05, 4.69) is 9.97 Å². The average Bonchev–Trinajstić information content (AvgIpc) is 2.63. The van der Waals surface area contributed by atoms with Gasteiger partial charge in [-0.25, -0.2) is 9.78 Å². The highest BCUT2D eigenvalue weighted by Crippen LogP contribution is 2.20. The van der Waals surface area contributed by atoms with Crippen molar-refractivity contribution >= 4 is 6.09 Å². The molecule has 8 heteroatoms. The van der Waals surface area contributed by atoms with E-state index in [4.69, 9.17) is 18.9 Å². The lowest BCUT2D eigenvalue weighted by Crippen LogP contribution is -2.43. The molecule has 2 saturated heterocycles. The largest absolute Gasteiger partial charge is 0.474 e. The van der Waals surface area contributed by atoms with Crippen molar-refractivity contribution in [3.63, 3.8) is 0 Å². The summed E-state index contributed by atoms with van der Waals surface area (Å²) in [5.41, 5.74) is 0. The zero-order valence-corrected chi connectivity index (χ0v) is 13.8. The molecule has 132 valence electrons. The van der Waals surface area contributed by atoms with Gasteiger partial charge in [0.05, 0.1) is 20.3 Å². The number of ether oxygens (including phenoxy) is 4. The number of hydrogen-bond acceptors (Lipinski definition) is 7. The van der Waals surface area contributed by atoms with E-state index in [-0.39, 0.29) is 24.3 Å². The molecule has 0 saturated carbocycles. The number of aromatic nitrogens is 2. The van der Waals surface area contributed by atoms with E-state index >= 15 is 0 Å². The second kappa shape index (κ2) is 8.14. The number of likely N-dealkylation sites (tertiary alicyclic amines) is 1. The Morgan fingerprint density at radius 2 is 1.96 bits per heavy atom. The highest BCUT2D eigenvalue weighted by atomic mass is 16.6. The van der Waals surface area contributed by atoms with Gasteiger partial charge in [-0.1, -0.05) is 0 Å². The van der Waals surface area contributed by atoms with Crippen LogP contribution in [0, 0.1) is 0 Å². The fraction of sp³-hybridized carbons (Fsp3) is 0.688. The third-order valence-corrected chi connectivity index (χ3v) is 4.21. The van der Waals surface area contributed by atoms with Crippen LogP contribution in [0.4, 0.5) is 4.79 Å². The van der Waals surface area contributed by atoms with Crippen LogP contribution in [0.1, 0.15) is 25.7 Å². The lowest BCUT2D eigenvalue weighted by Gasteiger charge is -2.33. The molecule has 3 heterocycles. The summed E-state index contributed by atoms with van der Waals surface area (Å²) in [6, 6.07) is 1.99. The van der Waals surface area contributed by atoms with E-state index in [1.54, 1.807) is 17.2 Å². The summed E-state index contributed by atoms with van der Waals surface area (Å²) in [6.07, 6.45) is 4.42. The standard InChI is InChI=1S/C16H23N3O5/c1-21-15-17-7-2-14(18-15)23-12-3-8-19(9-4-12)16(20)24-13-5-10-22-11-6-13/h2,7,12-13H,3-6,8-11H2,1H3. The van der Waals surface area contributed by atoms with Crippen molar-refractivity contribution in [1.29, 1.82) is 0 Å². The second-order valence-corrected chi connectivity index (χ2v) is 5.88. The third kappa shape index (κ3) is 4.47. The zero-order valence-electron chi connectivity index (χ0n) is 13.8. The van der Waals surface area contributed by atoms with Gasteiger partial charge in [-0.3, -0.25) is 0 Å². The maximum absolute atomic E-state index is 12.2. The summed E-state index contributed by atoms with van der Waals surface area (Å²) in [5.74, 6) is 0.491. The highest BCUT2D eigenvalue weighted by molar-refractivity contribution is 5.68. The molecule has 0 aromatic carbocycles. The molecule has 0 atom stereocenters. The molecular weight excluding hydrogens is 314 g/mol. The Morgan fingerprint density at radius 1 is 1.21 bits per heavy atom. The van der Waals surface area contributed by atoms with Gasteiger partial charge in [-0.05, 0) is 0 Å². The van der Waals surface area contributed by atoms with E-state index in [1.807, 2.05) is 0 Å². The van der Waals surface area contributed by atoms with Crippen LogP contribution in [0.2, 0.25) is 0 Å². The molecule has 2 aliphatic rings. The number of nitrogens with zero attached hydrogens (tertiary/aromatic N) is 3. The van der Waals surface area contributed by atoms with Gasteiger partial charge < -0.3 is 23.8 Å².